The highest BCUT2D eigenvalue weighted by Gasteiger charge is 2.25. The highest BCUT2D eigenvalue weighted by atomic mass is 32.1. The molecule has 0 saturated carbocycles. The Morgan fingerprint density at radius 1 is 1.21 bits per heavy atom. The molecule has 0 aliphatic carbocycles. The Morgan fingerprint density at radius 2 is 2.06 bits per heavy atom. The van der Waals surface area contributed by atoms with Crippen LogP contribution in [-0.2, 0) is 17.8 Å². The van der Waals surface area contributed by atoms with Crippen LogP contribution in [0, 0.1) is 6.92 Å². The van der Waals surface area contributed by atoms with Gasteiger partial charge in [0.25, 0.3) is 5.56 Å². The highest BCUT2D eigenvalue weighted by Crippen LogP contribution is 2.31. The summed E-state index contributed by atoms with van der Waals surface area (Å²) in [6, 6.07) is 6.22. The first kappa shape index (κ1) is 20.8. The molecule has 0 spiro atoms. The summed E-state index contributed by atoms with van der Waals surface area (Å²) in [5.74, 6) is 0.929. The topological polar surface area (TPSA) is 76.6 Å². The molecule has 9 heteroatoms. The number of rotatable bonds is 4. The van der Waals surface area contributed by atoms with Gasteiger partial charge in [-0.1, -0.05) is 16.8 Å². The molecule has 8 nitrogen and oxygen atoms in total. The van der Waals surface area contributed by atoms with Gasteiger partial charge in [-0.15, -0.1) is 11.3 Å². The van der Waals surface area contributed by atoms with Crippen molar-refractivity contribution in [1.29, 1.82) is 0 Å². The third kappa shape index (κ3) is 3.64. The first-order valence-corrected chi connectivity index (χ1v) is 12.3. The maximum Gasteiger partial charge on any atom is 0.262 e. The van der Waals surface area contributed by atoms with E-state index in [-0.39, 0.29) is 11.6 Å². The third-order valence-electron chi connectivity index (χ3n) is 6.82. The number of benzene rings is 1. The molecule has 0 unspecified atom stereocenters. The lowest BCUT2D eigenvalue weighted by Crippen LogP contribution is -2.48. The quantitative estimate of drug-likeness (QED) is 0.457. The molecule has 2 aliphatic rings. The molecule has 1 saturated heterocycles. The van der Waals surface area contributed by atoms with Gasteiger partial charge in [0.15, 0.2) is 11.4 Å². The molecular weight excluding hydrogens is 438 g/mol. The van der Waals surface area contributed by atoms with Crippen LogP contribution in [0.5, 0.6) is 0 Å². The Hall–Kier alpha value is -2.75. The van der Waals surface area contributed by atoms with Gasteiger partial charge >= 0.3 is 0 Å². The van der Waals surface area contributed by atoms with E-state index in [0.717, 1.165) is 76.6 Å². The van der Waals surface area contributed by atoms with Gasteiger partial charge < -0.3 is 14.2 Å². The molecule has 1 aromatic carbocycles. The number of fused-ring (bicyclic) bond motifs is 4. The molecule has 2 aliphatic heterocycles. The molecule has 6 rings (SSSR count). The molecule has 0 bridgehead atoms. The minimum atomic E-state index is 0.0480. The van der Waals surface area contributed by atoms with Gasteiger partial charge in [-0.05, 0) is 38.0 Å². The zero-order chi connectivity index (χ0) is 22.5. The van der Waals surface area contributed by atoms with Gasteiger partial charge in [0, 0.05) is 43.6 Å². The first-order valence-electron chi connectivity index (χ1n) is 11.5. The van der Waals surface area contributed by atoms with Crippen LogP contribution < -0.4 is 10.5 Å². The van der Waals surface area contributed by atoms with Gasteiger partial charge in [-0.25, -0.2) is 4.98 Å². The second-order valence-electron chi connectivity index (χ2n) is 9.09. The number of anilines is 1. The number of ether oxygens (including phenoxy) is 1. The summed E-state index contributed by atoms with van der Waals surface area (Å²) in [6.07, 6.45) is 2.51. The van der Waals surface area contributed by atoms with Crippen molar-refractivity contribution in [3.8, 4) is 0 Å². The van der Waals surface area contributed by atoms with Crippen molar-refractivity contribution >= 4 is 38.3 Å². The second-order valence-corrected chi connectivity index (χ2v) is 10.2. The molecule has 4 aromatic rings. The second kappa shape index (κ2) is 8.23. The van der Waals surface area contributed by atoms with E-state index in [1.807, 2.05) is 16.7 Å². The number of thiophene rings is 1. The summed E-state index contributed by atoms with van der Waals surface area (Å²) < 4.78 is 12.9. The van der Waals surface area contributed by atoms with Crippen LogP contribution in [0.2, 0.25) is 0 Å². The van der Waals surface area contributed by atoms with Crippen molar-refractivity contribution < 1.29 is 9.26 Å². The Kier molecular flexibility index (Phi) is 5.20. The van der Waals surface area contributed by atoms with Gasteiger partial charge in [0.2, 0.25) is 0 Å². The number of piperazine rings is 1. The van der Waals surface area contributed by atoms with Crippen molar-refractivity contribution in [2.24, 2.45) is 0 Å². The van der Waals surface area contributed by atoms with Crippen molar-refractivity contribution in [3.63, 3.8) is 0 Å². The molecule has 172 valence electrons. The van der Waals surface area contributed by atoms with E-state index >= 15 is 0 Å². The van der Waals surface area contributed by atoms with Crippen LogP contribution >= 0.6 is 11.3 Å². The van der Waals surface area contributed by atoms with Crippen LogP contribution in [0.4, 0.5) is 5.82 Å². The van der Waals surface area contributed by atoms with E-state index in [4.69, 9.17) is 9.26 Å². The average molecular weight is 466 g/mol. The SMILES string of the molecule is Cc1ccc2onc(N3CCN(C[C@@H](C)n4cnc5sc6c(c5c4=O)CCOC6)CC3)c2c1. The molecule has 1 atom stereocenters. The van der Waals surface area contributed by atoms with E-state index in [1.54, 1.807) is 17.7 Å². The summed E-state index contributed by atoms with van der Waals surface area (Å²) in [4.78, 5) is 24.7. The Balaban J connectivity index is 1.17. The fourth-order valence-electron chi connectivity index (χ4n) is 5.01. The molecule has 1 fully saturated rings. The minimum Gasteiger partial charge on any atom is -0.376 e. The third-order valence-corrected chi connectivity index (χ3v) is 7.94. The lowest BCUT2D eigenvalue weighted by molar-refractivity contribution is 0.114. The van der Waals surface area contributed by atoms with E-state index in [0.29, 0.717) is 13.2 Å². The Morgan fingerprint density at radius 3 is 2.91 bits per heavy atom. The highest BCUT2D eigenvalue weighted by molar-refractivity contribution is 7.18. The predicted octanol–water partition coefficient (Wildman–Crippen LogP) is 3.36. The summed E-state index contributed by atoms with van der Waals surface area (Å²) >= 11 is 1.59. The van der Waals surface area contributed by atoms with Crippen LogP contribution in [0.1, 0.15) is 29.0 Å². The molecule has 3 aromatic heterocycles. The monoisotopic (exact) mass is 465 g/mol. The van der Waals surface area contributed by atoms with Crippen molar-refractivity contribution in [1.82, 2.24) is 19.6 Å². The van der Waals surface area contributed by atoms with Crippen molar-refractivity contribution in [2.45, 2.75) is 32.9 Å². The van der Waals surface area contributed by atoms with Crippen molar-refractivity contribution in [2.75, 3.05) is 44.2 Å². The summed E-state index contributed by atoms with van der Waals surface area (Å²) in [6.45, 7) is 9.87. The van der Waals surface area contributed by atoms with E-state index < -0.39 is 0 Å². The maximum atomic E-state index is 13.3. The van der Waals surface area contributed by atoms with E-state index in [1.165, 1.54) is 5.56 Å². The fourth-order valence-corrected chi connectivity index (χ4v) is 6.13. The molecule has 0 N–H and O–H groups in total. The van der Waals surface area contributed by atoms with Crippen LogP contribution in [-0.4, -0.2) is 58.9 Å². The largest absolute Gasteiger partial charge is 0.376 e. The number of hydrogen-bond donors (Lipinski definition) is 0. The molecular formula is C24H27N5O3S. The number of nitrogens with zero attached hydrogens (tertiary/aromatic N) is 5. The van der Waals surface area contributed by atoms with Crippen molar-refractivity contribution in [3.05, 3.63) is 50.9 Å². The Labute approximate surface area is 195 Å². The van der Waals surface area contributed by atoms with E-state index in [2.05, 4.69) is 39.9 Å². The summed E-state index contributed by atoms with van der Waals surface area (Å²) in [5.41, 5.74) is 3.25. The van der Waals surface area contributed by atoms with Crippen LogP contribution in [0.3, 0.4) is 0 Å². The lowest BCUT2D eigenvalue weighted by atomic mass is 10.1. The standard InChI is InChI=1S/C24H27N5O3S/c1-15-3-4-19-18(11-15)22(26-32-19)28-8-6-27(7-9-28)12-16(2)29-14-25-23-21(24(29)30)17-5-10-31-13-20(17)33-23/h3-4,11,14,16H,5-10,12-13H2,1-2H3/t16-/m1/s1. The number of aromatic nitrogens is 3. The van der Waals surface area contributed by atoms with Gasteiger partial charge in [-0.3, -0.25) is 14.3 Å². The normalized spacial score (nSPS) is 18.2. The molecule has 0 radical (unpaired) electrons. The van der Waals surface area contributed by atoms with Crippen LogP contribution in [0.15, 0.2) is 33.8 Å². The molecule has 33 heavy (non-hydrogen) atoms. The fraction of sp³-hybridized carbons (Fsp3) is 0.458. The maximum absolute atomic E-state index is 13.3. The Bertz CT molecular complexity index is 1380. The minimum absolute atomic E-state index is 0.0480. The first-order chi connectivity index (χ1) is 16.1. The zero-order valence-electron chi connectivity index (χ0n) is 18.9. The average Bonchev–Trinajstić information content (AvgIpc) is 3.41. The lowest BCUT2D eigenvalue weighted by Gasteiger charge is -2.36. The van der Waals surface area contributed by atoms with Gasteiger partial charge in [-0.2, -0.15) is 0 Å². The molecule has 0 amide bonds. The molecule has 5 heterocycles. The van der Waals surface area contributed by atoms with Gasteiger partial charge in [0.05, 0.1) is 30.3 Å². The number of hydrogen-bond acceptors (Lipinski definition) is 8. The van der Waals surface area contributed by atoms with Gasteiger partial charge in [0.1, 0.15) is 4.83 Å². The predicted molar refractivity (Wildman–Crippen MR) is 129 cm³/mol. The zero-order valence-corrected chi connectivity index (χ0v) is 19.7. The van der Waals surface area contributed by atoms with E-state index in [9.17, 15) is 4.79 Å². The van der Waals surface area contributed by atoms with Crippen LogP contribution in [0.25, 0.3) is 21.2 Å². The summed E-state index contributed by atoms with van der Waals surface area (Å²) in [7, 11) is 0. The summed E-state index contributed by atoms with van der Waals surface area (Å²) in [5, 5.41) is 6.21. The number of aryl methyl sites for hydroxylation is 1. The smallest absolute Gasteiger partial charge is 0.262 e.